The Balaban J connectivity index is 1.25. The third kappa shape index (κ3) is 5.67. The molecule has 5 rings (SSSR count). The number of nitrogens with zero attached hydrogens (tertiary/aromatic N) is 3. The summed E-state index contributed by atoms with van der Waals surface area (Å²) in [5, 5.41) is 6.79. The van der Waals surface area contributed by atoms with Gasteiger partial charge in [-0.15, -0.1) is 0 Å². The van der Waals surface area contributed by atoms with Crippen LogP contribution >= 0.6 is 0 Å². The van der Waals surface area contributed by atoms with Crippen LogP contribution in [0.1, 0.15) is 11.1 Å². The molecular weight excluding hydrogens is 445 g/mol. The zero-order chi connectivity index (χ0) is 24.0. The molecule has 0 atom stereocenters. The number of aromatic nitrogens is 2. The molecule has 8 heteroatoms. The van der Waals surface area contributed by atoms with Gasteiger partial charge < -0.3 is 19.9 Å². The van der Waals surface area contributed by atoms with Crippen molar-refractivity contribution < 1.29 is 13.9 Å². The highest BCUT2D eigenvalue weighted by Gasteiger charge is 2.14. The summed E-state index contributed by atoms with van der Waals surface area (Å²) in [4.78, 5) is 18.5. The highest BCUT2D eigenvalue weighted by atomic mass is 19.1. The number of pyridine rings is 1. The molecule has 0 saturated carbocycles. The third-order valence-corrected chi connectivity index (χ3v) is 6.21. The molecule has 35 heavy (non-hydrogen) atoms. The number of hydrogen-bond donors (Lipinski definition) is 2. The highest BCUT2D eigenvalue weighted by Crippen LogP contribution is 2.26. The lowest BCUT2D eigenvalue weighted by molar-refractivity contribution is 0.0385. The molecule has 0 bridgehead atoms. The first-order chi connectivity index (χ1) is 17.2. The number of urea groups is 1. The van der Waals surface area contributed by atoms with E-state index >= 15 is 0 Å². The van der Waals surface area contributed by atoms with Crippen LogP contribution in [0.4, 0.5) is 14.9 Å². The number of rotatable bonds is 7. The van der Waals surface area contributed by atoms with E-state index in [1.165, 1.54) is 23.2 Å². The molecular formula is C27H28FN5O2. The van der Waals surface area contributed by atoms with Crippen molar-refractivity contribution in [3.8, 4) is 5.69 Å². The number of halogens is 1. The number of para-hydroxylation sites is 1. The zero-order valence-corrected chi connectivity index (χ0v) is 19.4. The topological polar surface area (TPSA) is 71.4 Å². The molecule has 2 aromatic heterocycles. The molecule has 180 valence electrons. The van der Waals surface area contributed by atoms with E-state index in [4.69, 9.17) is 4.74 Å². The Labute approximate surface area is 203 Å². The highest BCUT2D eigenvalue weighted by molar-refractivity contribution is 5.89. The van der Waals surface area contributed by atoms with Gasteiger partial charge in [-0.25, -0.2) is 9.18 Å². The Bertz CT molecular complexity index is 1300. The van der Waals surface area contributed by atoms with E-state index in [9.17, 15) is 9.18 Å². The van der Waals surface area contributed by atoms with Crippen LogP contribution in [0.25, 0.3) is 16.6 Å². The Hall–Kier alpha value is -3.75. The van der Waals surface area contributed by atoms with E-state index in [1.807, 2.05) is 24.3 Å². The van der Waals surface area contributed by atoms with Crippen LogP contribution in [0.15, 0.2) is 73.2 Å². The Morgan fingerprint density at radius 3 is 2.66 bits per heavy atom. The van der Waals surface area contributed by atoms with E-state index in [1.54, 1.807) is 0 Å². The summed E-state index contributed by atoms with van der Waals surface area (Å²) >= 11 is 0. The van der Waals surface area contributed by atoms with Crippen LogP contribution in [-0.4, -0.2) is 53.3 Å². The van der Waals surface area contributed by atoms with E-state index in [0.717, 1.165) is 56.7 Å². The van der Waals surface area contributed by atoms with Gasteiger partial charge in [0.25, 0.3) is 0 Å². The molecule has 0 unspecified atom stereocenters. The molecule has 2 aromatic carbocycles. The lowest BCUT2D eigenvalue weighted by atomic mass is 10.1. The molecule has 0 radical (unpaired) electrons. The first kappa shape index (κ1) is 23.0. The first-order valence-corrected chi connectivity index (χ1v) is 11.8. The van der Waals surface area contributed by atoms with Gasteiger partial charge in [0.05, 0.1) is 24.9 Å². The summed E-state index contributed by atoms with van der Waals surface area (Å²) in [6, 6.07) is 17.2. The molecule has 2 amide bonds. The summed E-state index contributed by atoms with van der Waals surface area (Å²) in [7, 11) is 0. The number of nitrogens with one attached hydrogen (secondary N) is 2. The fraction of sp³-hybridized carbons (Fsp3) is 0.259. The van der Waals surface area contributed by atoms with Crippen molar-refractivity contribution in [2.45, 2.75) is 13.0 Å². The van der Waals surface area contributed by atoms with Gasteiger partial charge in [-0.05, 0) is 53.9 Å². The van der Waals surface area contributed by atoms with Gasteiger partial charge in [0.15, 0.2) is 0 Å². The number of amides is 2. The summed E-state index contributed by atoms with van der Waals surface area (Å²) in [6.07, 6.45) is 5.85. The average molecular weight is 474 g/mol. The standard InChI is InChI=1S/C27H28FN5O2/c28-22-15-20(16-29-18-22)17-30-27(34)31-23-5-7-24(8-6-23)33-19-21(25-3-1-2-4-26(25)33)9-10-32-11-13-35-14-12-32/h1-8,15-16,18-19H,9-14,17H2,(H2,30,31,34). The third-order valence-electron chi connectivity index (χ3n) is 6.21. The lowest BCUT2D eigenvalue weighted by Gasteiger charge is -2.26. The van der Waals surface area contributed by atoms with Crippen LogP contribution in [0, 0.1) is 5.82 Å². The largest absolute Gasteiger partial charge is 0.379 e. The number of morpholine rings is 1. The summed E-state index contributed by atoms with van der Waals surface area (Å²) in [6.45, 7) is 4.79. The summed E-state index contributed by atoms with van der Waals surface area (Å²) in [5.41, 5.74) is 4.77. The normalized spacial score (nSPS) is 14.2. The van der Waals surface area contributed by atoms with E-state index < -0.39 is 5.82 Å². The quantitative estimate of drug-likeness (QED) is 0.418. The molecule has 0 spiro atoms. The van der Waals surface area contributed by atoms with Crippen molar-refractivity contribution in [2.75, 3.05) is 38.2 Å². The summed E-state index contributed by atoms with van der Waals surface area (Å²) < 4.78 is 20.9. The van der Waals surface area contributed by atoms with Gasteiger partial charge in [-0.1, -0.05) is 18.2 Å². The maximum absolute atomic E-state index is 13.2. The number of carbonyl (C=O) groups excluding carboxylic acids is 1. The van der Waals surface area contributed by atoms with Crippen molar-refractivity contribution in [2.24, 2.45) is 0 Å². The molecule has 0 aliphatic carbocycles. The molecule has 3 heterocycles. The second kappa shape index (κ2) is 10.7. The van der Waals surface area contributed by atoms with Gasteiger partial charge in [-0.2, -0.15) is 0 Å². The van der Waals surface area contributed by atoms with Crippen molar-refractivity contribution in [3.63, 3.8) is 0 Å². The minimum Gasteiger partial charge on any atom is -0.379 e. The molecule has 2 N–H and O–H groups in total. The average Bonchev–Trinajstić information content (AvgIpc) is 3.26. The molecule has 1 aliphatic heterocycles. The van der Waals surface area contributed by atoms with Crippen LogP contribution in [0.3, 0.4) is 0 Å². The van der Waals surface area contributed by atoms with Crippen LogP contribution in [0.5, 0.6) is 0 Å². The smallest absolute Gasteiger partial charge is 0.319 e. The monoisotopic (exact) mass is 473 g/mol. The van der Waals surface area contributed by atoms with Crippen molar-refractivity contribution in [1.29, 1.82) is 0 Å². The minimum absolute atomic E-state index is 0.192. The molecule has 1 fully saturated rings. The predicted octanol–water partition coefficient (Wildman–Crippen LogP) is 4.36. The molecule has 7 nitrogen and oxygen atoms in total. The van der Waals surface area contributed by atoms with Crippen molar-refractivity contribution in [3.05, 3.63) is 90.1 Å². The fourth-order valence-corrected chi connectivity index (χ4v) is 4.38. The van der Waals surface area contributed by atoms with Crippen LogP contribution in [0.2, 0.25) is 0 Å². The van der Waals surface area contributed by atoms with Gasteiger partial charge in [-0.3, -0.25) is 9.88 Å². The number of hydrogen-bond acceptors (Lipinski definition) is 4. The number of anilines is 1. The first-order valence-electron chi connectivity index (χ1n) is 11.8. The van der Waals surface area contributed by atoms with Crippen molar-refractivity contribution >= 4 is 22.6 Å². The second-order valence-electron chi connectivity index (χ2n) is 8.61. The van der Waals surface area contributed by atoms with Crippen LogP contribution < -0.4 is 10.6 Å². The van der Waals surface area contributed by atoms with E-state index in [0.29, 0.717) is 11.3 Å². The number of benzene rings is 2. The fourth-order valence-electron chi connectivity index (χ4n) is 4.38. The number of fused-ring (bicyclic) bond motifs is 1. The second-order valence-corrected chi connectivity index (χ2v) is 8.61. The Morgan fingerprint density at radius 2 is 1.86 bits per heavy atom. The van der Waals surface area contributed by atoms with Gasteiger partial charge >= 0.3 is 6.03 Å². The lowest BCUT2D eigenvalue weighted by Crippen LogP contribution is -2.37. The zero-order valence-electron chi connectivity index (χ0n) is 19.4. The summed E-state index contributed by atoms with van der Waals surface area (Å²) in [5.74, 6) is -0.429. The van der Waals surface area contributed by atoms with Crippen molar-refractivity contribution in [1.82, 2.24) is 19.8 Å². The molecule has 1 aliphatic rings. The van der Waals surface area contributed by atoms with Gasteiger partial charge in [0.1, 0.15) is 5.82 Å². The minimum atomic E-state index is -0.429. The maximum atomic E-state index is 13.2. The van der Waals surface area contributed by atoms with Gasteiger partial charge in [0.2, 0.25) is 0 Å². The number of carbonyl (C=O) groups is 1. The molecule has 4 aromatic rings. The molecule has 1 saturated heterocycles. The van der Waals surface area contributed by atoms with Crippen LogP contribution in [-0.2, 0) is 17.7 Å². The van der Waals surface area contributed by atoms with E-state index in [2.05, 4.69) is 55.5 Å². The van der Waals surface area contributed by atoms with Gasteiger partial charge in [0, 0.05) is 55.3 Å². The van der Waals surface area contributed by atoms with E-state index in [-0.39, 0.29) is 12.6 Å². The predicted molar refractivity (Wildman–Crippen MR) is 134 cm³/mol. The SMILES string of the molecule is O=C(NCc1cncc(F)c1)Nc1ccc(-n2cc(CCN3CCOCC3)c3ccccc32)cc1. The Morgan fingerprint density at radius 1 is 1.06 bits per heavy atom. The Kier molecular flexibility index (Phi) is 7.02. The number of ether oxygens (including phenoxy) is 1. The maximum Gasteiger partial charge on any atom is 0.319 e.